The van der Waals surface area contributed by atoms with Gasteiger partial charge in [0.25, 0.3) is 11.6 Å². The molecular weight excluding hydrogens is 250 g/mol. The predicted octanol–water partition coefficient (Wildman–Crippen LogP) is 1.58. The van der Waals surface area contributed by atoms with Crippen molar-refractivity contribution in [3.05, 3.63) is 45.5 Å². The molecule has 0 saturated carbocycles. The molecule has 8 heteroatoms. The Balaban J connectivity index is 2.30. The first kappa shape index (κ1) is 12.7. The summed E-state index contributed by atoms with van der Waals surface area (Å²) in [7, 11) is 0. The summed E-state index contributed by atoms with van der Waals surface area (Å²) in [5.41, 5.74) is 0.746. The number of nitro benzene ring substituents is 1. The molecule has 1 heterocycles. The molecule has 0 spiro atoms. The van der Waals surface area contributed by atoms with E-state index in [1.165, 1.54) is 12.1 Å². The smallest absolute Gasteiger partial charge is 0.295 e. The maximum atomic E-state index is 11.8. The maximum Gasteiger partial charge on any atom is 0.295 e. The highest BCUT2D eigenvalue weighted by atomic mass is 16.6. The number of hydrogen-bond acceptors (Lipinski definition) is 5. The molecule has 0 fully saturated rings. The number of anilines is 1. The number of H-pyrrole nitrogens is 1. The highest BCUT2D eigenvalue weighted by molar-refractivity contribution is 6.02. The van der Waals surface area contributed by atoms with Crippen LogP contribution in [0.5, 0.6) is 0 Å². The van der Waals surface area contributed by atoms with Gasteiger partial charge in [-0.15, -0.1) is 5.10 Å². The minimum absolute atomic E-state index is 0.0618. The second-order valence-corrected chi connectivity index (χ2v) is 3.98. The third-order valence-electron chi connectivity index (χ3n) is 2.40. The first-order valence-corrected chi connectivity index (χ1v) is 5.43. The average Bonchev–Trinajstić information content (AvgIpc) is 2.75. The lowest BCUT2D eigenvalue weighted by Gasteiger charge is -2.04. The molecule has 0 radical (unpaired) electrons. The molecule has 2 aromatic rings. The van der Waals surface area contributed by atoms with Gasteiger partial charge in [-0.05, 0) is 25.5 Å². The zero-order valence-corrected chi connectivity index (χ0v) is 10.3. The Bertz CT molecular complexity index is 650. The molecule has 0 atom stereocenters. The fraction of sp³-hybridized carbons (Fsp3) is 0.182. The van der Waals surface area contributed by atoms with E-state index in [1.807, 2.05) is 0 Å². The van der Waals surface area contributed by atoms with Gasteiger partial charge < -0.3 is 5.32 Å². The van der Waals surface area contributed by atoms with Crippen LogP contribution in [0.15, 0.2) is 18.2 Å². The van der Waals surface area contributed by atoms with Gasteiger partial charge in [0.05, 0.1) is 4.92 Å². The quantitative estimate of drug-likeness (QED) is 0.643. The summed E-state index contributed by atoms with van der Waals surface area (Å²) in [6, 6.07) is 4.47. The Morgan fingerprint density at radius 2 is 2.16 bits per heavy atom. The molecule has 0 bridgehead atoms. The molecule has 1 aromatic heterocycles. The van der Waals surface area contributed by atoms with Crippen LogP contribution in [0.25, 0.3) is 0 Å². The largest absolute Gasteiger partial charge is 0.313 e. The van der Waals surface area contributed by atoms with Crippen LogP contribution < -0.4 is 5.32 Å². The normalized spacial score (nSPS) is 10.2. The number of hydrogen-bond donors (Lipinski definition) is 2. The average molecular weight is 261 g/mol. The fourth-order valence-corrected chi connectivity index (χ4v) is 1.53. The fourth-order valence-electron chi connectivity index (χ4n) is 1.53. The molecule has 1 amide bonds. The predicted molar refractivity (Wildman–Crippen MR) is 66.9 cm³/mol. The van der Waals surface area contributed by atoms with E-state index in [0.29, 0.717) is 5.82 Å². The van der Waals surface area contributed by atoms with Crippen molar-refractivity contribution in [2.75, 3.05) is 5.32 Å². The monoisotopic (exact) mass is 261 g/mol. The standard InChI is InChI=1S/C11H11N5O3/c1-6-3-4-9(16(18)19)8(5-6)13-11(17)10-12-7(2)14-15-10/h3-5H,1-2H3,(H,13,17)(H,12,14,15). The van der Waals surface area contributed by atoms with E-state index in [-0.39, 0.29) is 17.2 Å². The number of nitro groups is 1. The number of nitrogens with zero attached hydrogens (tertiary/aromatic N) is 3. The molecule has 0 aliphatic carbocycles. The minimum Gasteiger partial charge on any atom is -0.313 e. The van der Waals surface area contributed by atoms with Crippen LogP contribution in [0.3, 0.4) is 0 Å². The van der Waals surface area contributed by atoms with Gasteiger partial charge in [0.15, 0.2) is 0 Å². The number of carbonyl (C=O) groups excluding carboxylic acids is 1. The van der Waals surface area contributed by atoms with E-state index in [2.05, 4.69) is 20.5 Å². The summed E-state index contributed by atoms with van der Waals surface area (Å²) in [5, 5.41) is 19.5. The molecule has 0 saturated heterocycles. The number of benzene rings is 1. The van der Waals surface area contributed by atoms with Gasteiger partial charge in [0.1, 0.15) is 11.5 Å². The first-order chi connectivity index (χ1) is 8.97. The molecule has 8 nitrogen and oxygen atoms in total. The lowest BCUT2D eigenvalue weighted by Crippen LogP contribution is -2.15. The zero-order valence-electron chi connectivity index (χ0n) is 10.3. The van der Waals surface area contributed by atoms with Crippen LogP contribution in [0.1, 0.15) is 22.0 Å². The Morgan fingerprint density at radius 3 is 2.74 bits per heavy atom. The third-order valence-corrected chi connectivity index (χ3v) is 2.40. The summed E-state index contributed by atoms with van der Waals surface area (Å²) in [6.45, 7) is 3.43. The van der Waals surface area contributed by atoms with Crippen molar-refractivity contribution in [1.29, 1.82) is 0 Å². The molecule has 0 unspecified atom stereocenters. The highest BCUT2D eigenvalue weighted by Crippen LogP contribution is 2.25. The molecule has 0 aliphatic rings. The molecule has 1 aromatic carbocycles. The number of carbonyl (C=O) groups is 1. The van der Waals surface area contributed by atoms with Crippen LogP contribution in [0, 0.1) is 24.0 Å². The number of nitrogens with one attached hydrogen (secondary N) is 2. The summed E-state index contributed by atoms with van der Waals surface area (Å²) >= 11 is 0. The highest BCUT2D eigenvalue weighted by Gasteiger charge is 2.18. The van der Waals surface area contributed by atoms with Gasteiger partial charge in [0.2, 0.25) is 5.82 Å². The molecule has 2 N–H and O–H groups in total. The van der Waals surface area contributed by atoms with Crippen LogP contribution in [0.4, 0.5) is 11.4 Å². The number of amides is 1. The van der Waals surface area contributed by atoms with Crippen molar-refractivity contribution in [2.24, 2.45) is 0 Å². The number of rotatable bonds is 3. The second kappa shape index (κ2) is 4.84. The lowest BCUT2D eigenvalue weighted by atomic mass is 10.2. The Labute approximate surface area is 108 Å². The SMILES string of the molecule is Cc1ccc([N+](=O)[O-])c(NC(=O)c2n[nH]c(C)n2)c1. The topological polar surface area (TPSA) is 114 Å². The van der Waals surface area contributed by atoms with E-state index in [0.717, 1.165) is 5.56 Å². The molecule has 19 heavy (non-hydrogen) atoms. The third kappa shape index (κ3) is 2.73. The second-order valence-electron chi connectivity index (χ2n) is 3.98. The first-order valence-electron chi connectivity index (χ1n) is 5.43. The van der Waals surface area contributed by atoms with Crippen molar-refractivity contribution in [3.63, 3.8) is 0 Å². The Morgan fingerprint density at radius 1 is 1.42 bits per heavy atom. The maximum absolute atomic E-state index is 11.8. The Hall–Kier alpha value is -2.77. The van der Waals surface area contributed by atoms with Crippen molar-refractivity contribution in [2.45, 2.75) is 13.8 Å². The van der Waals surface area contributed by atoms with Gasteiger partial charge in [-0.3, -0.25) is 20.0 Å². The van der Waals surface area contributed by atoms with E-state index in [9.17, 15) is 14.9 Å². The molecule has 98 valence electrons. The van der Waals surface area contributed by atoms with Crippen LogP contribution in [0.2, 0.25) is 0 Å². The zero-order chi connectivity index (χ0) is 14.0. The van der Waals surface area contributed by atoms with E-state index in [4.69, 9.17) is 0 Å². The van der Waals surface area contributed by atoms with Gasteiger partial charge >= 0.3 is 0 Å². The molecule has 2 rings (SSSR count). The van der Waals surface area contributed by atoms with Gasteiger partial charge in [0, 0.05) is 6.07 Å². The van der Waals surface area contributed by atoms with Crippen LogP contribution in [-0.2, 0) is 0 Å². The summed E-state index contributed by atoms with van der Waals surface area (Å²) < 4.78 is 0. The van der Waals surface area contributed by atoms with Gasteiger partial charge in [-0.1, -0.05) is 6.07 Å². The summed E-state index contributed by atoms with van der Waals surface area (Å²) in [5.74, 6) is -0.171. The lowest BCUT2D eigenvalue weighted by molar-refractivity contribution is -0.383. The summed E-state index contributed by atoms with van der Waals surface area (Å²) in [6.07, 6.45) is 0. The Kier molecular flexibility index (Phi) is 3.23. The van der Waals surface area contributed by atoms with Crippen molar-refractivity contribution < 1.29 is 9.72 Å². The van der Waals surface area contributed by atoms with E-state index < -0.39 is 10.8 Å². The van der Waals surface area contributed by atoms with Gasteiger partial charge in [-0.25, -0.2) is 4.98 Å². The number of aromatic nitrogens is 3. The van der Waals surface area contributed by atoms with E-state index >= 15 is 0 Å². The van der Waals surface area contributed by atoms with Crippen LogP contribution in [-0.4, -0.2) is 26.0 Å². The summed E-state index contributed by atoms with van der Waals surface area (Å²) in [4.78, 5) is 26.0. The van der Waals surface area contributed by atoms with Crippen molar-refractivity contribution in [1.82, 2.24) is 15.2 Å². The number of aryl methyl sites for hydroxylation is 2. The van der Waals surface area contributed by atoms with Crippen molar-refractivity contribution >= 4 is 17.3 Å². The van der Waals surface area contributed by atoms with E-state index in [1.54, 1.807) is 19.9 Å². The molecule has 0 aliphatic heterocycles. The number of aromatic amines is 1. The van der Waals surface area contributed by atoms with Gasteiger partial charge in [-0.2, -0.15) is 0 Å². The molecular formula is C11H11N5O3. The van der Waals surface area contributed by atoms with Crippen molar-refractivity contribution in [3.8, 4) is 0 Å². The van der Waals surface area contributed by atoms with Crippen LogP contribution >= 0.6 is 0 Å². The minimum atomic E-state index is -0.599.